The van der Waals surface area contributed by atoms with E-state index in [9.17, 15) is 0 Å². The van der Waals surface area contributed by atoms with Gasteiger partial charge in [0.05, 0.1) is 12.2 Å². The zero-order valence-corrected chi connectivity index (χ0v) is 10.3. The molecule has 0 unspecified atom stereocenters. The van der Waals surface area contributed by atoms with E-state index in [0.29, 0.717) is 12.0 Å². The zero-order valence-electron chi connectivity index (χ0n) is 10.3. The summed E-state index contributed by atoms with van der Waals surface area (Å²) < 4.78 is 6.00. The quantitative estimate of drug-likeness (QED) is 0.681. The highest BCUT2D eigenvalue weighted by molar-refractivity contribution is 5.21. The molecule has 1 heteroatoms. The van der Waals surface area contributed by atoms with E-state index in [4.69, 9.17) is 4.74 Å². The van der Waals surface area contributed by atoms with Crippen molar-refractivity contribution >= 4 is 0 Å². The summed E-state index contributed by atoms with van der Waals surface area (Å²) in [5, 5.41) is 0. The van der Waals surface area contributed by atoms with Crippen LogP contribution in [0, 0.1) is 0 Å². The summed E-state index contributed by atoms with van der Waals surface area (Å²) >= 11 is 0. The first kappa shape index (κ1) is 11.4. The van der Waals surface area contributed by atoms with Crippen LogP contribution in [0.4, 0.5) is 0 Å². The van der Waals surface area contributed by atoms with Crippen LogP contribution in [-0.2, 0) is 4.74 Å². The van der Waals surface area contributed by atoms with Crippen LogP contribution in [0.3, 0.4) is 0 Å². The number of hydrogen-bond acceptors (Lipinski definition) is 1. The van der Waals surface area contributed by atoms with Crippen molar-refractivity contribution < 1.29 is 4.74 Å². The second-order valence-electron chi connectivity index (χ2n) is 4.80. The largest absolute Gasteiger partial charge is 0.370 e. The van der Waals surface area contributed by atoms with E-state index >= 15 is 0 Å². The van der Waals surface area contributed by atoms with Gasteiger partial charge in [-0.25, -0.2) is 0 Å². The number of hydrogen-bond donors (Lipinski definition) is 0. The van der Waals surface area contributed by atoms with Gasteiger partial charge in [-0.15, -0.1) is 0 Å². The SMILES string of the molecule is CC1=C[C@H](C)O[C@H]([C@H](C)c2ccccc2)C1. The third-order valence-corrected chi connectivity index (χ3v) is 3.31. The molecule has 0 aliphatic carbocycles. The maximum absolute atomic E-state index is 6.00. The standard InChI is InChI=1S/C15H20O/c1-11-9-12(2)16-15(10-11)13(3)14-7-5-4-6-8-14/h4-9,12-13,15H,10H2,1-3H3/t12-,13+,15-/m0/s1. The Bertz CT molecular complexity index is 366. The molecule has 2 rings (SSSR count). The third-order valence-electron chi connectivity index (χ3n) is 3.31. The summed E-state index contributed by atoms with van der Waals surface area (Å²) in [5.74, 6) is 0.465. The molecule has 0 bridgehead atoms. The highest BCUT2D eigenvalue weighted by Crippen LogP contribution is 2.30. The van der Waals surface area contributed by atoms with E-state index < -0.39 is 0 Å². The Balaban J connectivity index is 2.12. The molecule has 0 saturated carbocycles. The molecule has 16 heavy (non-hydrogen) atoms. The lowest BCUT2D eigenvalue weighted by Gasteiger charge is -2.31. The third kappa shape index (κ3) is 2.53. The van der Waals surface area contributed by atoms with E-state index in [1.807, 2.05) is 0 Å². The highest BCUT2D eigenvalue weighted by Gasteiger charge is 2.24. The number of ether oxygens (including phenoxy) is 1. The smallest absolute Gasteiger partial charge is 0.0734 e. The van der Waals surface area contributed by atoms with Crippen LogP contribution in [0.15, 0.2) is 42.0 Å². The van der Waals surface area contributed by atoms with Crippen LogP contribution in [0.25, 0.3) is 0 Å². The van der Waals surface area contributed by atoms with Crippen LogP contribution in [0.2, 0.25) is 0 Å². The highest BCUT2D eigenvalue weighted by atomic mass is 16.5. The maximum Gasteiger partial charge on any atom is 0.0734 e. The fourth-order valence-corrected chi connectivity index (χ4v) is 2.42. The van der Waals surface area contributed by atoms with Crippen molar-refractivity contribution in [3.8, 4) is 0 Å². The Morgan fingerprint density at radius 3 is 2.56 bits per heavy atom. The Hall–Kier alpha value is -1.08. The molecule has 0 spiro atoms. The lowest BCUT2D eigenvalue weighted by atomic mass is 9.89. The molecule has 0 saturated heterocycles. The van der Waals surface area contributed by atoms with Gasteiger partial charge in [0.1, 0.15) is 0 Å². The molecule has 1 aliphatic heterocycles. The van der Waals surface area contributed by atoms with Gasteiger partial charge >= 0.3 is 0 Å². The topological polar surface area (TPSA) is 9.23 Å². The predicted octanol–water partition coefficient (Wildman–Crippen LogP) is 3.91. The van der Waals surface area contributed by atoms with E-state index in [1.165, 1.54) is 11.1 Å². The summed E-state index contributed by atoms with van der Waals surface area (Å²) in [6.45, 7) is 6.57. The molecule has 1 aromatic carbocycles. The Labute approximate surface area is 98.1 Å². The minimum atomic E-state index is 0.255. The van der Waals surface area contributed by atoms with Gasteiger partial charge in [-0.2, -0.15) is 0 Å². The number of rotatable bonds is 2. The first-order chi connectivity index (χ1) is 7.66. The second-order valence-corrected chi connectivity index (χ2v) is 4.80. The van der Waals surface area contributed by atoms with Crippen molar-refractivity contribution in [2.45, 2.75) is 45.3 Å². The average Bonchev–Trinajstić information content (AvgIpc) is 2.28. The van der Waals surface area contributed by atoms with Crippen molar-refractivity contribution in [3.05, 3.63) is 47.5 Å². The minimum Gasteiger partial charge on any atom is -0.370 e. The molecule has 0 fully saturated rings. The monoisotopic (exact) mass is 216 g/mol. The van der Waals surface area contributed by atoms with Gasteiger partial charge in [0, 0.05) is 5.92 Å². The molecule has 1 aliphatic rings. The molecule has 0 radical (unpaired) electrons. The molecular formula is C15H20O. The van der Waals surface area contributed by atoms with Crippen molar-refractivity contribution in [2.24, 2.45) is 0 Å². The summed E-state index contributed by atoms with van der Waals surface area (Å²) in [6.07, 6.45) is 3.85. The van der Waals surface area contributed by atoms with E-state index in [0.717, 1.165) is 6.42 Å². The van der Waals surface area contributed by atoms with Crippen molar-refractivity contribution in [2.75, 3.05) is 0 Å². The Kier molecular flexibility index (Phi) is 3.45. The normalized spacial score (nSPS) is 27.3. The molecule has 3 atom stereocenters. The second kappa shape index (κ2) is 4.84. The van der Waals surface area contributed by atoms with Gasteiger partial charge in [-0.1, -0.05) is 48.9 Å². The first-order valence-corrected chi connectivity index (χ1v) is 6.04. The van der Waals surface area contributed by atoms with Gasteiger partial charge in [0.15, 0.2) is 0 Å². The van der Waals surface area contributed by atoms with Crippen LogP contribution >= 0.6 is 0 Å². The zero-order chi connectivity index (χ0) is 11.5. The molecular weight excluding hydrogens is 196 g/mol. The van der Waals surface area contributed by atoms with Crippen LogP contribution in [0.1, 0.15) is 38.7 Å². The lowest BCUT2D eigenvalue weighted by molar-refractivity contribution is -0.000553. The average molecular weight is 216 g/mol. The van der Waals surface area contributed by atoms with Crippen LogP contribution in [-0.4, -0.2) is 12.2 Å². The number of benzene rings is 1. The first-order valence-electron chi connectivity index (χ1n) is 6.04. The molecule has 0 aromatic heterocycles. The summed E-state index contributed by atoms with van der Waals surface area (Å²) in [4.78, 5) is 0. The van der Waals surface area contributed by atoms with Gasteiger partial charge in [0.2, 0.25) is 0 Å². The van der Waals surface area contributed by atoms with Gasteiger partial charge < -0.3 is 4.74 Å². The fourth-order valence-electron chi connectivity index (χ4n) is 2.42. The Morgan fingerprint density at radius 1 is 1.25 bits per heavy atom. The summed E-state index contributed by atoms with van der Waals surface area (Å²) in [7, 11) is 0. The molecule has 0 N–H and O–H groups in total. The fraction of sp³-hybridized carbons (Fsp3) is 0.467. The van der Waals surface area contributed by atoms with Gasteiger partial charge in [-0.05, 0) is 25.8 Å². The van der Waals surface area contributed by atoms with Crippen LogP contribution < -0.4 is 0 Å². The van der Waals surface area contributed by atoms with Crippen molar-refractivity contribution in [3.63, 3.8) is 0 Å². The van der Waals surface area contributed by atoms with Crippen molar-refractivity contribution in [1.82, 2.24) is 0 Å². The molecule has 1 nitrogen and oxygen atoms in total. The molecule has 0 amide bonds. The Morgan fingerprint density at radius 2 is 1.94 bits per heavy atom. The van der Waals surface area contributed by atoms with E-state index in [2.05, 4.69) is 57.2 Å². The van der Waals surface area contributed by atoms with Gasteiger partial charge in [0.25, 0.3) is 0 Å². The molecule has 86 valence electrons. The minimum absolute atomic E-state index is 0.255. The molecule has 1 aromatic rings. The van der Waals surface area contributed by atoms with E-state index in [-0.39, 0.29) is 6.10 Å². The summed E-state index contributed by atoms with van der Waals surface area (Å²) in [5.41, 5.74) is 2.82. The van der Waals surface area contributed by atoms with Crippen LogP contribution in [0.5, 0.6) is 0 Å². The van der Waals surface area contributed by atoms with Gasteiger partial charge in [-0.3, -0.25) is 0 Å². The van der Waals surface area contributed by atoms with Crippen molar-refractivity contribution in [1.29, 1.82) is 0 Å². The molecule has 1 heterocycles. The predicted molar refractivity (Wildman–Crippen MR) is 67.6 cm³/mol. The van der Waals surface area contributed by atoms with E-state index in [1.54, 1.807) is 0 Å². The maximum atomic E-state index is 6.00. The summed E-state index contributed by atoms with van der Waals surface area (Å²) in [6, 6.07) is 10.6. The lowest BCUT2D eigenvalue weighted by Crippen LogP contribution is -2.28.